The van der Waals surface area contributed by atoms with Crippen LogP contribution in [0.5, 0.6) is 0 Å². The largest absolute Gasteiger partial charge is 0.453 e. The summed E-state index contributed by atoms with van der Waals surface area (Å²) in [5.41, 5.74) is 7.18. The highest BCUT2D eigenvalue weighted by molar-refractivity contribution is 7.13. The van der Waals surface area contributed by atoms with Gasteiger partial charge in [-0.3, -0.25) is 14.4 Å². The lowest BCUT2D eigenvalue weighted by molar-refractivity contribution is -0.147. The Hall–Kier alpha value is -6.39. The van der Waals surface area contributed by atoms with Crippen molar-refractivity contribution < 1.29 is 37.2 Å². The molecule has 0 spiro atoms. The number of aliphatic hydroxyl groups excluding tert-OH is 1. The average molecular weight is 979 g/mol. The van der Waals surface area contributed by atoms with Gasteiger partial charge in [0.2, 0.25) is 17.7 Å². The van der Waals surface area contributed by atoms with Gasteiger partial charge in [0.05, 0.1) is 40.3 Å². The molecule has 0 radical (unpaired) electrons. The van der Waals surface area contributed by atoms with Crippen molar-refractivity contribution in [3.63, 3.8) is 0 Å². The average Bonchev–Trinajstić information content (AvgIpc) is 4.18. The standard InChI is InChI=1S/C51H57F3N10O5S/c1-30(2)46(42-25-31(3)60-69-42)49(68)63-28-39(65)26-41(63)48(67)56-40(37-11-13-38(14-12-37)47-32(4)55-29-70-47)27-45(66)62-21-17-34(18-22-62)6-5-33-7-9-35(10-8-33)36-19-23-61(24-20-36)44-16-15-43-57-58-50(51(52,53)54)64(43)59-44/h7-14,25,29-30,34,36,39-41,46,65H,15-24,26-28H2,1-4H3,(H,56,67)/t39-,40?,41+,46-/m1/s1. The van der Waals surface area contributed by atoms with Gasteiger partial charge in [-0.05, 0) is 80.2 Å². The zero-order valence-electron chi connectivity index (χ0n) is 39.7. The predicted molar refractivity (Wildman–Crippen MR) is 255 cm³/mol. The Bertz CT molecular complexity index is 2780. The summed E-state index contributed by atoms with van der Waals surface area (Å²) in [4.78, 5) is 53.3. The number of alkyl halides is 3. The number of carbonyl (C=O) groups is 3. The first-order valence-electron chi connectivity index (χ1n) is 24.1. The van der Waals surface area contributed by atoms with Crippen molar-refractivity contribution in [2.24, 2.45) is 16.9 Å². The fourth-order valence-corrected chi connectivity index (χ4v) is 11.0. The van der Waals surface area contributed by atoms with Crippen LogP contribution in [0.1, 0.15) is 122 Å². The number of nitrogens with zero attached hydrogens (tertiary/aromatic N) is 9. The highest BCUT2D eigenvalue weighted by atomic mass is 32.1. The van der Waals surface area contributed by atoms with E-state index in [1.807, 2.05) is 62.1 Å². The maximum Gasteiger partial charge on any atom is 0.453 e. The molecule has 4 aliphatic rings. The monoisotopic (exact) mass is 978 g/mol. The minimum absolute atomic E-state index is 0.00277. The number of aliphatic hydroxyl groups is 1. The minimum atomic E-state index is -4.62. The molecule has 7 heterocycles. The second-order valence-electron chi connectivity index (χ2n) is 19.2. The Morgan fingerprint density at radius 2 is 1.69 bits per heavy atom. The first kappa shape index (κ1) is 48.6. The van der Waals surface area contributed by atoms with Crippen LogP contribution >= 0.6 is 11.3 Å². The van der Waals surface area contributed by atoms with Crippen LogP contribution < -0.4 is 5.32 Å². The molecular weight excluding hydrogens is 922 g/mol. The topological polar surface area (TPSA) is 175 Å². The van der Waals surface area contributed by atoms with Gasteiger partial charge in [0.25, 0.3) is 5.82 Å². The lowest BCUT2D eigenvalue weighted by Gasteiger charge is -2.35. The fraction of sp³-hybridized carbons (Fsp3) is 0.490. The van der Waals surface area contributed by atoms with Crippen molar-refractivity contribution in [2.45, 2.75) is 115 Å². The normalized spacial score (nSPS) is 19.9. The molecule has 70 heavy (non-hydrogen) atoms. The zero-order chi connectivity index (χ0) is 49.3. The van der Waals surface area contributed by atoms with Crippen LogP contribution in [0.15, 0.2) is 69.7 Å². The predicted octanol–water partition coefficient (Wildman–Crippen LogP) is 7.25. The number of nitrogens with one attached hydrogen (secondary N) is 1. The van der Waals surface area contributed by atoms with Gasteiger partial charge in [-0.25, -0.2) is 4.98 Å². The number of aromatic nitrogens is 5. The second kappa shape index (κ2) is 20.5. The van der Waals surface area contributed by atoms with Crippen LogP contribution in [0.2, 0.25) is 0 Å². The molecule has 5 aromatic rings. The molecule has 0 aliphatic carbocycles. The molecule has 3 amide bonds. The van der Waals surface area contributed by atoms with E-state index in [4.69, 9.17) is 4.52 Å². The molecule has 9 rings (SSSR count). The van der Waals surface area contributed by atoms with E-state index in [1.54, 1.807) is 29.8 Å². The van der Waals surface area contributed by atoms with E-state index < -0.39 is 42.0 Å². The Morgan fingerprint density at radius 3 is 2.33 bits per heavy atom. The summed E-state index contributed by atoms with van der Waals surface area (Å²) in [7, 11) is 0. The maximum atomic E-state index is 14.3. The van der Waals surface area contributed by atoms with Gasteiger partial charge in [0.1, 0.15) is 23.6 Å². The molecule has 3 fully saturated rings. The number of likely N-dealkylation sites (tertiary alicyclic amines) is 3. The molecule has 3 aromatic heterocycles. The molecule has 19 heteroatoms. The first-order chi connectivity index (χ1) is 33.6. The van der Waals surface area contributed by atoms with E-state index in [9.17, 15) is 32.7 Å². The van der Waals surface area contributed by atoms with E-state index in [0.717, 1.165) is 44.8 Å². The van der Waals surface area contributed by atoms with Crippen LogP contribution in [0.25, 0.3) is 10.4 Å². The fourth-order valence-electron chi connectivity index (χ4n) is 10.1. The van der Waals surface area contributed by atoms with Crippen LogP contribution in [-0.2, 0) is 27.0 Å². The number of hydrogen-bond acceptors (Lipinski definition) is 12. The van der Waals surface area contributed by atoms with Crippen molar-refractivity contribution >= 4 is 34.9 Å². The summed E-state index contributed by atoms with van der Waals surface area (Å²) in [6, 6.07) is 16.1. The number of β-amino-alcohol motifs (C(OH)–C–C–N with tert-alkyl or cyclic N) is 1. The van der Waals surface area contributed by atoms with Crippen LogP contribution in [0, 0.1) is 37.5 Å². The summed E-state index contributed by atoms with van der Waals surface area (Å²) in [5, 5.41) is 29.2. The van der Waals surface area contributed by atoms with Crippen LogP contribution in [0.4, 0.5) is 13.2 Å². The number of fused-ring (bicyclic) bond motifs is 1. The van der Waals surface area contributed by atoms with Crippen molar-refractivity contribution in [3.8, 4) is 22.3 Å². The molecule has 2 N–H and O–H groups in total. The molecule has 0 bridgehead atoms. The van der Waals surface area contributed by atoms with Gasteiger partial charge in [0, 0.05) is 69.5 Å². The summed E-state index contributed by atoms with van der Waals surface area (Å²) < 4.78 is 46.7. The van der Waals surface area contributed by atoms with Crippen LogP contribution in [-0.4, -0.2) is 113 Å². The van der Waals surface area contributed by atoms with Crippen molar-refractivity contribution in [1.29, 1.82) is 0 Å². The lowest BCUT2D eigenvalue weighted by atomic mass is 9.88. The number of hydrogen-bond donors (Lipinski definition) is 2. The van der Waals surface area contributed by atoms with E-state index in [-0.39, 0.29) is 48.9 Å². The van der Waals surface area contributed by atoms with Crippen molar-refractivity contribution in [3.05, 3.63) is 106 Å². The SMILES string of the molecule is Cc1cc([C@H](C(=O)N2C[C@H](O)C[C@H]2C(=O)NC(CC(=O)N2CCC(C#Cc3ccc(C4CCN(C5=Nn6c(nnc6C(F)(F)F)CC5)CC4)cc3)CC2)c2ccc(-c3scnc3C)cc2)C(C)C)on1. The van der Waals surface area contributed by atoms with Gasteiger partial charge in [0.15, 0.2) is 5.82 Å². The van der Waals surface area contributed by atoms with Crippen LogP contribution in [0.3, 0.4) is 0 Å². The van der Waals surface area contributed by atoms with Crippen molar-refractivity contribution in [1.82, 2.24) is 45.0 Å². The number of thiazole rings is 1. The third-order valence-electron chi connectivity index (χ3n) is 14.0. The smallest absolute Gasteiger partial charge is 0.391 e. The number of rotatable bonds is 10. The van der Waals surface area contributed by atoms with Gasteiger partial charge in [-0.2, -0.15) is 22.9 Å². The van der Waals surface area contributed by atoms with Gasteiger partial charge in [-0.1, -0.05) is 67.2 Å². The molecule has 368 valence electrons. The Balaban J connectivity index is 0.811. The summed E-state index contributed by atoms with van der Waals surface area (Å²) >= 11 is 1.54. The quantitative estimate of drug-likeness (QED) is 0.136. The molecule has 15 nitrogen and oxygen atoms in total. The Kier molecular flexibility index (Phi) is 14.3. The third-order valence-corrected chi connectivity index (χ3v) is 15.0. The number of carbonyl (C=O) groups excluding carboxylic acids is 3. The lowest BCUT2D eigenvalue weighted by Crippen LogP contribution is -2.49. The van der Waals surface area contributed by atoms with Gasteiger partial charge in [-0.15, -0.1) is 21.5 Å². The first-order valence-corrected chi connectivity index (χ1v) is 24.9. The molecule has 0 saturated carbocycles. The molecular formula is C51H57F3N10O5S. The number of benzene rings is 2. The highest BCUT2D eigenvalue weighted by Crippen LogP contribution is 2.35. The summed E-state index contributed by atoms with van der Waals surface area (Å²) in [6.45, 7) is 9.96. The maximum absolute atomic E-state index is 14.3. The van der Waals surface area contributed by atoms with Gasteiger partial charge >= 0.3 is 6.18 Å². The van der Waals surface area contributed by atoms with Crippen molar-refractivity contribution in [2.75, 3.05) is 32.7 Å². The third kappa shape index (κ3) is 10.7. The number of halogens is 3. The van der Waals surface area contributed by atoms with E-state index >= 15 is 0 Å². The second-order valence-corrected chi connectivity index (χ2v) is 20.1. The Morgan fingerprint density at radius 1 is 0.957 bits per heavy atom. The molecule has 4 atom stereocenters. The number of amidine groups is 1. The number of amides is 3. The summed E-state index contributed by atoms with van der Waals surface area (Å²) in [6.07, 6.45) is -1.46. The highest BCUT2D eigenvalue weighted by Gasteiger charge is 2.44. The van der Waals surface area contributed by atoms with E-state index in [2.05, 4.69) is 59.6 Å². The minimum Gasteiger partial charge on any atom is -0.391 e. The van der Waals surface area contributed by atoms with Gasteiger partial charge < -0.3 is 29.6 Å². The molecule has 3 saturated heterocycles. The van der Waals surface area contributed by atoms with E-state index in [1.165, 1.54) is 10.5 Å². The Labute approximate surface area is 408 Å². The molecule has 2 aromatic carbocycles. The summed E-state index contributed by atoms with van der Waals surface area (Å²) in [5.74, 6) is 5.63. The van der Waals surface area contributed by atoms with E-state index in [0.29, 0.717) is 75.1 Å². The number of aryl methyl sites for hydroxylation is 3. The zero-order valence-corrected chi connectivity index (χ0v) is 40.5. The number of piperidine rings is 2. The molecule has 1 unspecified atom stereocenters. The molecule has 4 aliphatic heterocycles.